The minimum absolute atomic E-state index is 0.111. The molecule has 1 N–H and O–H groups in total. The molecule has 22 heavy (non-hydrogen) atoms. The Labute approximate surface area is 135 Å². The molecule has 0 spiro atoms. The lowest BCUT2D eigenvalue weighted by atomic mass is 9.88. The number of thiophene rings is 1. The monoisotopic (exact) mass is 318 g/mol. The molecule has 0 aliphatic carbocycles. The van der Waals surface area contributed by atoms with Crippen molar-refractivity contribution in [3.63, 3.8) is 0 Å². The van der Waals surface area contributed by atoms with Crippen LogP contribution in [0.15, 0.2) is 34.3 Å². The van der Waals surface area contributed by atoms with Gasteiger partial charge in [-0.15, -0.1) is 11.3 Å². The highest BCUT2D eigenvalue weighted by molar-refractivity contribution is 7.10. The maximum absolute atomic E-state index is 12.2. The van der Waals surface area contributed by atoms with Crippen molar-refractivity contribution in [3.05, 3.63) is 46.0 Å². The summed E-state index contributed by atoms with van der Waals surface area (Å²) in [6.45, 7) is 3.69. The van der Waals surface area contributed by atoms with Crippen LogP contribution >= 0.6 is 11.3 Å². The number of likely N-dealkylation sites (tertiary alicyclic amines) is 1. The number of piperidine rings is 1. The van der Waals surface area contributed by atoms with Crippen molar-refractivity contribution in [2.75, 3.05) is 20.1 Å². The van der Waals surface area contributed by atoms with E-state index in [4.69, 9.17) is 4.42 Å². The lowest BCUT2D eigenvalue weighted by Crippen LogP contribution is -2.41. The van der Waals surface area contributed by atoms with Gasteiger partial charge in [0.25, 0.3) is 5.91 Å². The molecule has 3 heterocycles. The van der Waals surface area contributed by atoms with Crippen molar-refractivity contribution < 1.29 is 9.21 Å². The molecular formula is C17H22N2O2S. The highest BCUT2D eigenvalue weighted by atomic mass is 32.1. The van der Waals surface area contributed by atoms with E-state index in [1.807, 2.05) is 13.0 Å². The van der Waals surface area contributed by atoms with E-state index < -0.39 is 0 Å². The number of nitrogens with zero attached hydrogens (tertiary/aromatic N) is 1. The number of furan rings is 1. The lowest BCUT2D eigenvalue weighted by Gasteiger charge is -2.38. The molecule has 3 rings (SSSR count). The van der Waals surface area contributed by atoms with Gasteiger partial charge in [0.1, 0.15) is 0 Å². The normalized spacial score (nSPS) is 22.6. The van der Waals surface area contributed by atoms with E-state index in [1.54, 1.807) is 17.6 Å². The lowest BCUT2D eigenvalue weighted by molar-refractivity contribution is 0.0869. The molecule has 1 saturated heterocycles. The summed E-state index contributed by atoms with van der Waals surface area (Å²) in [4.78, 5) is 16.0. The Kier molecular flexibility index (Phi) is 4.64. The molecule has 1 aliphatic rings. The number of carbonyl (C=O) groups is 1. The molecule has 0 radical (unpaired) electrons. The zero-order valence-electron chi connectivity index (χ0n) is 13.0. The van der Waals surface area contributed by atoms with Crippen LogP contribution in [0.5, 0.6) is 0 Å². The van der Waals surface area contributed by atoms with E-state index >= 15 is 0 Å². The van der Waals surface area contributed by atoms with Gasteiger partial charge in [-0.3, -0.25) is 9.69 Å². The molecule has 2 atom stereocenters. The highest BCUT2D eigenvalue weighted by Crippen LogP contribution is 2.36. The molecule has 4 nitrogen and oxygen atoms in total. The van der Waals surface area contributed by atoms with Gasteiger partial charge in [-0.1, -0.05) is 6.07 Å². The first-order valence-corrected chi connectivity index (χ1v) is 8.60. The van der Waals surface area contributed by atoms with Gasteiger partial charge in [0.05, 0.1) is 6.26 Å². The number of amides is 1. The fraction of sp³-hybridized carbons (Fsp3) is 0.471. The van der Waals surface area contributed by atoms with Crippen LogP contribution in [-0.2, 0) is 0 Å². The summed E-state index contributed by atoms with van der Waals surface area (Å²) in [5.74, 6) is 0.758. The van der Waals surface area contributed by atoms with Crippen LogP contribution in [0.2, 0.25) is 0 Å². The smallest absolute Gasteiger partial charge is 0.287 e. The minimum Gasteiger partial charge on any atom is -0.459 e. The second kappa shape index (κ2) is 6.67. The summed E-state index contributed by atoms with van der Waals surface area (Å²) in [5, 5.41) is 5.18. The number of aryl methyl sites for hydroxylation is 1. The van der Waals surface area contributed by atoms with E-state index in [9.17, 15) is 4.79 Å². The fourth-order valence-electron chi connectivity index (χ4n) is 3.29. The molecule has 0 aromatic carbocycles. The van der Waals surface area contributed by atoms with Gasteiger partial charge in [0, 0.05) is 23.0 Å². The average Bonchev–Trinajstić information content (AvgIpc) is 3.16. The average molecular weight is 318 g/mol. The van der Waals surface area contributed by atoms with E-state index in [-0.39, 0.29) is 5.91 Å². The maximum Gasteiger partial charge on any atom is 0.287 e. The Morgan fingerprint density at radius 3 is 3.05 bits per heavy atom. The molecule has 2 aromatic rings. The minimum atomic E-state index is -0.111. The Hall–Kier alpha value is -1.59. The van der Waals surface area contributed by atoms with Crippen LogP contribution in [-0.4, -0.2) is 30.9 Å². The molecule has 1 aliphatic heterocycles. The van der Waals surface area contributed by atoms with Crippen LogP contribution < -0.4 is 5.32 Å². The second-order valence-corrected chi connectivity index (χ2v) is 6.97. The number of rotatable bonds is 4. The molecule has 118 valence electrons. The second-order valence-electron chi connectivity index (χ2n) is 5.99. The molecular weight excluding hydrogens is 296 g/mol. The SMILES string of the molecule is Cc1ccoc1C(=O)NCC1CCCN(C)C1c1cccs1. The van der Waals surface area contributed by atoms with Crippen LogP contribution in [0.25, 0.3) is 0 Å². The zero-order valence-corrected chi connectivity index (χ0v) is 13.9. The molecule has 1 amide bonds. The van der Waals surface area contributed by atoms with Gasteiger partial charge < -0.3 is 9.73 Å². The van der Waals surface area contributed by atoms with E-state index in [1.165, 1.54) is 11.3 Å². The van der Waals surface area contributed by atoms with Gasteiger partial charge in [0.2, 0.25) is 0 Å². The van der Waals surface area contributed by atoms with Gasteiger partial charge in [-0.2, -0.15) is 0 Å². The van der Waals surface area contributed by atoms with Gasteiger partial charge >= 0.3 is 0 Å². The topological polar surface area (TPSA) is 45.5 Å². The van der Waals surface area contributed by atoms with Gasteiger partial charge in [-0.25, -0.2) is 0 Å². The molecule has 0 saturated carbocycles. The largest absolute Gasteiger partial charge is 0.459 e. The third-order valence-electron chi connectivity index (χ3n) is 4.43. The zero-order chi connectivity index (χ0) is 15.5. The van der Waals surface area contributed by atoms with E-state index in [2.05, 4.69) is 34.8 Å². The van der Waals surface area contributed by atoms with Crippen LogP contribution in [0, 0.1) is 12.8 Å². The molecule has 2 aromatic heterocycles. The van der Waals surface area contributed by atoms with Gasteiger partial charge in [0.15, 0.2) is 5.76 Å². The summed E-state index contributed by atoms with van der Waals surface area (Å²) in [6, 6.07) is 6.51. The Bertz CT molecular complexity index is 620. The van der Waals surface area contributed by atoms with E-state index in [0.29, 0.717) is 24.3 Å². The predicted octanol–water partition coefficient (Wildman–Crippen LogP) is 3.46. The quantitative estimate of drug-likeness (QED) is 0.939. The first-order chi connectivity index (χ1) is 10.7. The summed E-state index contributed by atoms with van der Waals surface area (Å²) in [7, 11) is 2.18. The van der Waals surface area contributed by atoms with Crippen molar-refractivity contribution in [1.29, 1.82) is 0 Å². The fourth-order valence-corrected chi connectivity index (χ4v) is 4.28. The Morgan fingerprint density at radius 1 is 1.50 bits per heavy atom. The standard InChI is InChI=1S/C17H22N2O2S/c1-12-7-9-21-16(12)17(20)18-11-13-5-3-8-19(2)15(13)14-6-4-10-22-14/h4,6-7,9-10,13,15H,3,5,8,11H2,1-2H3,(H,18,20). The first kappa shape index (κ1) is 15.3. The van der Waals surface area contributed by atoms with Crippen LogP contribution in [0.3, 0.4) is 0 Å². The van der Waals surface area contributed by atoms with Crippen LogP contribution in [0.1, 0.15) is 39.9 Å². The molecule has 2 unspecified atom stereocenters. The van der Waals surface area contributed by atoms with Crippen molar-refractivity contribution in [1.82, 2.24) is 10.2 Å². The van der Waals surface area contributed by atoms with Gasteiger partial charge in [-0.05, 0) is 56.8 Å². The first-order valence-electron chi connectivity index (χ1n) is 7.72. The number of nitrogens with one attached hydrogen (secondary N) is 1. The Balaban J connectivity index is 1.67. The van der Waals surface area contributed by atoms with E-state index in [0.717, 1.165) is 18.5 Å². The highest BCUT2D eigenvalue weighted by Gasteiger charge is 2.31. The molecule has 1 fully saturated rings. The predicted molar refractivity (Wildman–Crippen MR) is 88.2 cm³/mol. The molecule has 5 heteroatoms. The van der Waals surface area contributed by atoms with Crippen molar-refractivity contribution in [2.24, 2.45) is 5.92 Å². The summed E-state index contributed by atoms with van der Waals surface area (Å²) < 4.78 is 5.27. The number of hydrogen-bond acceptors (Lipinski definition) is 4. The van der Waals surface area contributed by atoms with Crippen molar-refractivity contribution in [3.8, 4) is 0 Å². The van der Waals surface area contributed by atoms with Crippen molar-refractivity contribution in [2.45, 2.75) is 25.8 Å². The Morgan fingerprint density at radius 2 is 2.36 bits per heavy atom. The summed E-state index contributed by atoms with van der Waals surface area (Å²) in [6.07, 6.45) is 3.89. The summed E-state index contributed by atoms with van der Waals surface area (Å²) >= 11 is 1.80. The summed E-state index contributed by atoms with van der Waals surface area (Å²) in [5.41, 5.74) is 0.882. The third kappa shape index (κ3) is 3.10. The van der Waals surface area contributed by atoms with Crippen molar-refractivity contribution >= 4 is 17.2 Å². The number of carbonyl (C=O) groups excluding carboxylic acids is 1. The third-order valence-corrected chi connectivity index (χ3v) is 5.38. The van der Waals surface area contributed by atoms with Crippen LogP contribution in [0.4, 0.5) is 0 Å². The number of hydrogen-bond donors (Lipinski definition) is 1. The maximum atomic E-state index is 12.2. The molecule has 0 bridgehead atoms.